The zero-order valence-corrected chi connectivity index (χ0v) is 6.54. The number of hydrogen-bond donors (Lipinski definition) is 0. The third kappa shape index (κ3) is 1.79. The van der Waals surface area contributed by atoms with Gasteiger partial charge in [-0.2, -0.15) is 0 Å². The predicted octanol–water partition coefficient (Wildman–Crippen LogP) is 2.23. The Hall–Kier alpha value is -0.534. The fourth-order valence-electron chi connectivity index (χ4n) is 1.31. The monoisotopic (exact) mass is 168 g/mol. The van der Waals surface area contributed by atoms with Gasteiger partial charge in [0.25, 0.3) is 0 Å². The van der Waals surface area contributed by atoms with E-state index in [1.807, 2.05) is 0 Å². The van der Waals surface area contributed by atoms with Crippen molar-refractivity contribution in [3.8, 4) is 0 Å². The number of rotatable bonds is 0. The summed E-state index contributed by atoms with van der Waals surface area (Å²) in [5, 5.41) is 2.64. The highest BCUT2D eigenvalue weighted by Gasteiger charge is 1.89. The van der Waals surface area contributed by atoms with Gasteiger partial charge in [0.15, 0.2) is 0 Å². The van der Waals surface area contributed by atoms with Gasteiger partial charge in [0.1, 0.15) is 0 Å². The van der Waals surface area contributed by atoms with Gasteiger partial charge >= 0.3 is 23.1 Å². The molecule has 0 unspecified atom stereocenters. The summed E-state index contributed by atoms with van der Waals surface area (Å²) < 4.78 is 0. The van der Waals surface area contributed by atoms with Crippen molar-refractivity contribution in [3.63, 3.8) is 0 Å². The van der Waals surface area contributed by atoms with Gasteiger partial charge in [0, 0.05) is 0 Å². The van der Waals surface area contributed by atoms with Gasteiger partial charge < -0.3 is 0 Å². The average molecular weight is 169 g/mol. The van der Waals surface area contributed by atoms with Crippen molar-refractivity contribution in [1.29, 1.82) is 0 Å². The van der Waals surface area contributed by atoms with E-state index >= 15 is 0 Å². The van der Waals surface area contributed by atoms with Gasteiger partial charge in [-0.05, 0) is 17.7 Å². The van der Waals surface area contributed by atoms with Gasteiger partial charge in [-0.25, -0.2) is 0 Å². The summed E-state index contributed by atoms with van der Waals surface area (Å²) in [6.45, 7) is 2.12. The first-order chi connectivity index (χ1) is 5.36. The lowest BCUT2D eigenvalue weighted by Crippen LogP contribution is -1.73. The lowest BCUT2D eigenvalue weighted by atomic mass is 10.1. The molecule has 0 amide bonds. The molecule has 1 heteroatoms. The van der Waals surface area contributed by atoms with Gasteiger partial charge in [0.2, 0.25) is 0 Å². The van der Waals surface area contributed by atoms with Crippen LogP contribution in [0.3, 0.4) is 0 Å². The van der Waals surface area contributed by atoms with E-state index in [9.17, 15) is 0 Å². The van der Waals surface area contributed by atoms with Gasteiger partial charge in [-0.15, -0.1) is 0 Å². The Morgan fingerprint density at radius 3 is 2.25 bits per heavy atom. The Bertz CT molecular complexity index is 379. The number of aryl methyl sites for hydroxylation is 1. The zero-order valence-electron chi connectivity index (χ0n) is 6.54. The van der Waals surface area contributed by atoms with Gasteiger partial charge in [-0.3, -0.25) is 0 Å². The Labute approximate surface area is 88.7 Å². The Morgan fingerprint density at radius 2 is 1.50 bits per heavy atom. The smallest absolute Gasteiger partial charge is 0.0616 e. The molecule has 0 atom stereocenters. The number of fused-ring (bicyclic) bond motifs is 1. The molecule has 0 heterocycles. The minimum absolute atomic E-state index is 0. The van der Waals surface area contributed by atoms with Crippen molar-refractivity contribution in [2.24, 2.45) is 0 Å². The molecule has 0 bridgehead atoms. The first kappa shape index (κ1) is 9.55. The van der Waals surface area contributed by atoms with Crippen molar-refractivity contribution in [3.05, 3.63) is 48.0 Å². The third-order valence-corrected chi connectivity index (χ3v) is 1.90. The minimum Gasteiger partial charge on any atom is -0.0616 e. The van der Waals surface area contributed by atoms with Crippen LogP contribution in [0.2, 0.25) is 0 Å². The van der Waals surface area contributed by atoms with Crippen molar-refractivity contribution < 1.29 is 0 Å². The molecule has 2 aromatic rings. The van der Waals surface area contributed by atoms with E-state index < -0.39 is 0 Å². The van der Waals surface area contributed by atoms with Crippen molar-refractivity contribution >= 4 is 33.8 Å². The predicted molar refractivity (Wildman–Crippen MR) is 57.2 cm³/mol. The van der Waals surface area contributed by atoms with Crippen LogP contribution in [0, 0.1) is 6.92 Å². The Kier molecular flexibility index (Phi) is 3.12. The van der Waals surface area contributed by atoms with E-state index in [1.165, 1.54) is 16.3 Å². The van der Waals surface area contributed by atoms with E-state index in [0.29, 0.717) is 0 Å². The highest BCUT2D eigenvalue weighted by Crippen LogP contribution is 2.14. The number of benzene rings is 2. The van der Waals surface area contributed by atoms with Crippen LogP contribution in [-0.2, 0) is 0 Å². The minimum atomic E-state index is 0. The van der Waals surface area contributed by atoms with Crippen LogP contribution in [0.1, 0.15) is 5.56 Å². The Balaban J connectivity index is 0.000000720. The summed E-state index contributed by atoms with van der Waals surface area (Å²) in [5.74, 6) is 0. The maximum atomic E-state index is 2.20. The lowest BCUT2D eigenvalue weighted by Gasteiger charge is -1.96. The highest BCUT2D eigenvalue weighted by atomic mass is 24.3. The quantitative estimate of drug-likeness (QED) is 0.529. The van der Waals surface area contributed by atoms with Crippen LogP contribution in [0.4, 0.5) is 0 Å². The fourth-order valence-corrected chi connectivity index (χ4v) is 1.31. The van der Waals surface area contributed by atoms with Crippen LogP contribution < -0.4 is 0 Å². The molecule has 0 aliphatic rings. The molecule has 0 spiro atoms. The first-order valence-corrected chi connectivity index (χ1v) is 3.82. The molecule has 0 radical (unpaired) electrons. The molecule has 0 aliphatic carbocycles. The molecular weight excluding hydrogens is 156 g/mol. The maximum absolute atomic E-state index is 2.20. The lowest BCUT2D eigenvalue weighted by molar-refractivity contribution is 1.51. The summed E-state index contributed by atoms with van der Waals surface area (Å²) >= 11 is 0. The second-order valence-electron chi connectivity index (χ2n) is 2.85. The molecule has 0 aromatic heterocycles. The SMILES string of the molecule is Cc1ccc2ccccc2c1.[MgH2]. The largest absolute Gasteiger partial charge is 0.316 e. The maximum Gasteiger partial charge on any atom is 0.316 e. The second kappa shape index (κ2) is 3.92. The molecule has 2 rings (SSSR count). The molecule has 58 valence electrons. The molecule has 0 nitrogen and oxygen atoms in total. The number of hydrogen-bond acceptors (Lipinski definition) is 0. The fraction of sp³-hybridized carbons (Fsp3) is 0.0909. The molecule has 2 aromatic carbocycles. The Morgan fingerprint density at radius 1 is 0.833 bits per heavy atom. The van der Waals surface area contributed by atoms with E-state index in [0.717, 1.165) is 0 Å². The molecule has 0 saturated heterocycles. The summed E-state index contributed by atoms with van der Waals surface area (Å²) in [6.07, 6.45) is 0. The molecule has 0 saturated carbocycles. The zero-order chi connectivity index (χ0) is 7.68. The van der Waals surface area contributed by atoms with Crippen LogP contribution in [0.5, 0.6) is 0 Å². The summed E-state index contributed by atoms with van der Waals surface area (Å²) in [5.41, 5.74) is 1.32. The van der Waals surface area contributed by atoms with Crippen LogP contribution >= 0.6 is 0 Å². The average Bonchev–Trinajstić information content (AvgIpc) is 2.04. The molecular formula is C11H12Mg. The second-order valence-corrected chi connectivity index (χ2v) is 2.85. The molecule has 0 aliphatic heterocycles. The molecule has 0 N–H and O–H groups in total. The first-order valence-electron chi connectivity index (χ1n) is 3.82. The van der Waals surface area contributed by atoms with Gasteiger partial charge in [0.05, 0.1) is 0 Å². The van der Waals surface area contributed by atoms with Crippen LogP contribution in [0.25, 0.3) is 10.8 Å². The van der Waals surface area contributed by atoms with E-state index in [2.05, 4.69) is 49.4 Å². The van der Waals surface area contributed by atoms with E-state index in [4.69, 9.17) is 0 Å². The van der Waals surface area contributed by atoms with Gasteiger partial charge in [-0.1, -0.05) is 48.0 Å². The molecule has 0 fully saturated rings. The van der Waals surface area contributed by atoms with Crippen LogP contribution in [-0.4, -0.2) is 23.1 Å². The summed E-state index contributed by atoms with van der Waals surface area (Å²) in [4.78, 5) is 0. The van der Waals surface area contributed by atoms with Crippen molar-refractivity contribution in [2.75, 3.05) is 0 Å². The summed E-state index contributed by atoms with van der Waals surface area (Å²) in [7, 11) is 0. The van der Waals surface area contributed by atoms with Crippen molar-refractivity contribution in [1.82, 2.24) is 0 Å². The summed E-state index contributed by atoms with van der Waals surface area (Å²) in [6, 6.07) is 14.9. The molecule has 12 heavy (non-hydrogen) atoms. The van der Waals surface area contributed by atoms with E-state index in [-0.39, 0.29) is 23.1 Å². The van der Waals surface area contributed by atoms with E-state index in [1.54, 1.807) is 0 Å². The van der Waals surface area contributed by atoms with Crippen LogP contribution in [0.15, 0.2) is 42.5 Å². The third-order valence-electron chi connectivity index (χ3n) is 1.90. The topological polar surface area (TPSA) is 0 Å². The normalized spacial score (nSPS) is 9.42. The van der Waals surface area contributed by atoms with Crippen molar-refractivity contribution in [2.45, 2.75) is 6.92 Å². The standard InChI is InChI=1S/C11H10.Mg.2H/c1-9-6-7-10-4-2-3-5-11(10)8-9;;;/h2-8H,1H3;;;. The highest BCUT2D eigenvalue weighted by molar-refractivity contribution is 5.82.